The highest BCUT2D eigenvalue weighted by Gasteiger charge is 2.50. The fourth-order valence-electron chi connectivity index (χ4n) is 5.76. The summed E-state index contributed by atoms with van der Waals surface area (Å²) in [5.41, 5.74) is 0.442. The van der Waals surface area contributed by atoms with Gasteiger partial charge in [-0.25, -0.2) is 4.79 Å². The predicted molar refractivity (Wildman–Crippen MR) is 118 cm³/mol. The fourth-order valence-corrected chi connectivity index (χ4v) is 5.76. The van der Waals surface area contributed by atoms with E-state index in [1.807, 2.05) is 4.90 Å². The van der Waals surface area contributed by atoms with E-state index in [-0.39, 0.29) is 47.6 Å². The molecule has 4 fully saturated rings. The molecule has 4 aliphatic rings. The van der Waals surface area contributed by atoms with Crippen LogP contribution in [0.4, 0.5) is 18.0 Å². The van der Waals surface area contributed by atoms with Gasteiger partial charge in [0.1, 0.15) is 5.75 Å². The zero-order valence-corrected chi connectivity index (χ0v) is 19.4. The molecule has 11 heteroatoms. The van der Waals surface area contributed by atoms with Crippen molar-refractivity contribution in [3.8, 4) is 5.75 Å². The van der Waals surface area contributed by atoms with Gasteiger partial charge < -0.3 is 25.2 Å². The number of alkyl halides is 3. The maximum absolute atomic E-state index is 13.2. The molecule has 4 atom stereocenters. The van der Waals surface area contributed by atoms with Gasteiger partial charge in [-0.05, 0) is 43.4 Å². The van der Waals surface area contributed by atoms with E-state index in [0.29, 0.717) is 38.9 Å². The van der Waals surface area contributed by atoms with Gasteiger partial charge in [-0.1, -0.05) is 12.1 Å². The molecule has 5 rings (SSSR count). The number of amides is 4. The fraction of sp³-hybridized carbons (Fsp3) is 0.625. The van der Waals surface area contributed by atoms with E-state index >= 15 is 0 Å². The third-order valence-corrected chi connectivity index (χ3v) is 7.45. The molecule has 190 valence electrons. The van der Waals surface area contributed by atoms with E-state index < -0.39 is 11.8 Å². The molecule has 0 radical (unpaired) electrons. The summed E-state index contributed by atoms with van der Waals surface area (Å²) in [5, 5.41) is 5.94. The number of nitrogens with one attached hydrogen (secondary N) is 2. The first kappa shape index (κ1) is 23.7. The van der Waals surface area contributed by atoms with Gasteiger partial charge in [0.25, 0.3) is 0 Å². The summed E-state index contributed by atoms with van der Waals surface area (Å²) >= 11 is 0. The van der Waals surface area contributed by atoms with Gasteiger partial charge >= 0.3 is 12.4 Å². The third-order valence-electron chi connectivity index (χ3n) is 7.45. The zero-order valence-electron chi connectivity index (χ0n) is 19.4. The number of halogens is 3. The number of urea groups is 1. The zero-order chi connectivity index (χ0) is 25.0. The summed E-state index contributed by atoms with van der Waals surface area (Å²) in [6, 6.07) is 5.43. The van der Waals surface area contributed by atoms with Crippen molar-refractivity contribution in [2.24, 2.45) is 5.41 Å². The lowest BCUT2D eigenvalue weighted by molar-refractivity contribution is -0.274. The van der Waals surface area contributed by atoms with E-state index in [1.54, 1.807) is 24.0 Å². The first-order valence-electron chi connectivity index (χ1n) is 12.0. The first-order chi connectivity index (χ1) is 16.5. The molecular formula is C24H29F3N4O4. The highest BCUT2D eigenvalue weighted by molar-refractivity contribution is 5.80. The molecule has 2 saturated carbocycles. The molecule has 2 heterocycles. The van der Waals surface area contributed by atoms with Crippen molar-refractivity contribution in [2.45, 2.75) is 69.4 Å². The van der Waals surface area contributed by atoms with Gasteiger partial charge in [0, 0.05) is 56.4 Å². The number of nitrogens with zero attached hydrogens (tertiary/aromatic N) is 2. The van der Waals surface area contributed by atoms with Crippen molar-refractivity contribution in [1.29, 1.82) is 0 Å². The number of rotatable bonds is 5. The number of carbonyl (C=O) groups excluding carboxylic acids is 3. The standard InChI is InChI=1S/C24H29F3N4O4/c1-14(32)31(16-4-5-16)17-9-23(10-21(33)28-12-23)13-30(11-17)22(34)29-20-8-19(20)15-2-6-18(7-3-15)35-24(25,26)27/h2-3,6-7,16-17,19-20H,4-5,8-13H2,1H3,(H,28,33)(H,29,34)/t17-,19+,20-,23?/m1/s1. The van der Waals surface area contributed by atoms with Crippen molar-refractivity contribution < 1.29 is 32.3 Å². The minimum atomic E-state index is -4.74. The Balaban J connectivity index is 1.24. The minimum Gasteiger partial charge on any atom is -0.406 e. The van der Waals surface area contributed by atoms with E-state index in [1.165, 1.54) is 12.1 Å². The quantitative estimate of drug-likeness (QED) is 0.659. The van der Waals surface area contributed by atoms with Gasteiger partial charge in [0.05, 0.1) is 6.04 Å². The Morgan fingerprint density at radius 3 is 2.49 bits per heavy atom. The average molecular weight is 495 g/mol. The van der Waals surface area contributed by atoms with Crippen LogP contribution in [-0.2, 0) is 9.59 Å². The second-order valence-electron chi connectivity index (χ2n) is 10.4. The Bertz CT molecular complexity index is 1010. The van der Waals surface area contributed by atoms with Crippen molar-refractivity contribution >= 4 is 17.8 Å². The molecular weight excluding hydrogens is 465 g/mol. The molecule has 2 aliphatic carbocycles. The first-order valence-corrected chi connectivity index (χ1v) is 12.0. The second kappa shape index (κ2) is 8.60. The summed E-state index contributed by atoms with van der Waals surface area (Å²) in [6.45, 7) is 2.90. The summed E-state index contributed by atoms with van der Waals surface area (Å²) in [4.78, 5) is 41.3. The number of hydrogen-bond donors (Lipinski definition) is 2. The van der Waals surface area contributed by atoms with Crippen LogP contribution in [0.15, 0.2) is 24.3 Å². The molecule has 0 bridgehead atoms. The Kier molecular flexibility index (Phi) is 5.83. The van der Waals surface area contributed by atoms with Crippen LogP contribution in [0, 0.1) is 5.41 Å². The molecule has 0 aromatic heterocycles. The lowest BCUT2D eigenvalue weighted by Crippen LogP contribution is -2.60. The minimum absolute atomic E-state index is 0.00704. The van der Waals surface area contributed by atoms with Crippen molar-refractivity contribution in [3.63, 3.8) is 0 Å². The van der Waals surface area contributed by atoms with Gasteiger partial charge in [-0.3, -0.25) is 9.59 Å². The number of piperidine rings is 1. The van der Waals surface area contributed by atoms with E-state index in [4.69, 9.17) is 0 Å². The molecule has 2 aliphatic heterocycles. The van der Waals surface area contributed by atoms with Crippen molar-refractivity contribution in [1.82, 2.24) is 20.4 Å². The average Bonchev–Trinajstić information content (AvgIpc) is 3.68. The number of benzene rings is 1. The highest BCUT2D eigenvalue weighted by atomic mass is 19.4. The molecule has 1 aromatic carbocycles. The Morgan fingerprint density at radius 1 is 1.20 bits per heavy atom. The summed E-state index contributed by atoms with van der Waals surface area (Å²) in [6.07, 6.45) is -1.11. The number of likely N-dealkylation sites (tertiary alicyclic amines) is 1. The monoisotopic (exact) mass is 494 g/mol. The van der Waals surface area contributed by atoms with Crippen LogP contribution in [0.2, 0.25) is 0 Å². The number of carbonyl (C=O) groups is 3. The summed E-state index contributed by atoms with van der Waals surface area (Å²) in [7, 11) is 0. The lowest BCUT2D eigenvalue weighted by atomic mass is 9.76. The third kappa shape index (κ3) is 5.33. The molecule has 8 nitrogen and oxygen atoms in total. The Morgan fingerprint density at radius 2 is 1.91 bits per heavy atom. The van der Waals surface area contributed by atoms with E-state index in [2.05, 4.69) is 15.4 Å². The van der Waals surface area contributed by atoms with Crippen LogP contribution in [0.5, 0.6) is 5.75 Å². The Labute approximate surface area is 201 Å². The topological polar surface area (TPSA) is 91.0 Å². The van der Waals surface area contributed by atoms with Crippen molar-refractivity contribution in [3.05, 3.63) is 29.8 Å². The summed E-state index contributed by atoms with van der Waals surface area (Å²) < 4.78 is 41.0. The van der Waals surface area contributed by atoms with Crippen LogP contribution >= 0.6 is 0 Å². The van der Waals surface area contributed by atoms with Gasteiger partial charge in [0.2, 0.25) is 11.8 Å². The largest absolute Gasteiger partial charge is 0.573 e. The van der Waals surface area contributed by atoms with Crippen LogP contribution in [0.3, 0.4) is 0 Å². The highest BCUT2D eigenvalue weighted by Crippen LogP contribution is 2.43. The van der Waals surface area contributed by atoms with Gasteiger partial charge in [0.15, 0.2) is 0 Å². The van der Waals surface area contributed by atoms with E-state index in [9.17, 15) is 27.6 Å². The van der Waals surface area contributed by atoms with Crippen LogP contribution < -0.4 is 15.4 Å². The molecule has 1 aromatic rings. The number of ether oxygens (including phenoxy) is 1. The van der Waals surface area contributed by atoms with Crippen molar-refractivity contribution in [2.75, 3.05) is 19.6 Å². The molecule has 35 heavy (non-hydrogen) atoms. The molecule has 2 N–H and O–H groups in total. The molecule has 4 amide bonds. The van der Waals surface area contributed by atoms with Crippen LogP contribution in [0.25, 0.3) is 0 Å². The maximum Gasteiger partial charge on any atom is 0.573 e. The molecule has 2 saturated heterocycles. The molecule has 1 unspecified atom stereocenters. The molecule has 1 spiro atoms. The van der Waals surface area contributed by atoms with Gasteiger partial charge in [-0.2, -0.15) is 0 Å². The van der Waals surface area contributed by atoms with Gasteiger partial charge in [-0.15, -0.1) is 13.2 Å². The van der Waals surface area contributed by atoms with E-state index in [0.717, 1.165) is 18.4 Å². The second-order valence-corrected chi connectivity index (χ2v) is 10.4. The SMILES string of the molecule is CC(=O)N(C1CC1)[C@H]1CN(C(=O)N[C@@H]2C[C@H]2c2ccc(OC(F)(F)F)cc2)CC2(CNC(=O)C2)C1. The predicted octanol–water partition coefficient (Wildman–Crippen LogP) is 2.74. The number of hydrogen-bond acceptors (Lipinski definition) is 4. The van der Waals surface area contributed by atoms with Crippen LogP contribution in [0.1, 0.15) is 50.5 Å². The normalized spacial score (nSPS) is 30.1. The Hall–Kier alpha value is -2.98. The smallest absolute Gasteiger partial charge is 0.406 e. The van der Waals surface area contributed by atoms with Crippen LogP contribution in [-0.4, -0.2) is 71.8 Å². The summed E-state index contributed by atoms with van der Waals surface area (Å²) in [5.74, 6) is -0.305. The lowest BCUT2D eigenvalue weighted by Gasteiger charge is -2.47. The maximum atomic E-state index is 13.2.